The predicted octanol–water partition coefficient (Wildman–Crippen LogP) is 22.3. The summed E-state index contributed by atoms with van der Waals surface area (Å²) >= 11 is 0. The van der Waals surface area contributed by atoms with Gasteiger partial charge in [0.15, 0.2) is 6.10 Å². The molecule has 1 atom stereocenters. The topological polar surface area (TPSA) is 78.9 Å². The van der Waals surface area contributed by atoms with Crippen LogP contribution in [-0.4, -0.2) is 37.2 Å². The Morgan fingerprint density at radius 2 is 0.487 bits per heavy atom. The molecule has 0 heterocycles. The number of hydrogen-bond donors (Lipinski definition) is 0. The summed E-state index contributed by atoms with van der Waals surface area (Å²) in [4.78, 5) is 38.3. The maximum Gasteiger partial charge on any atom is 0.306 e. The van der Waals surface area contributed by atoms with E-state index in [1.54, 1.807) is 0 Å². The van der Waals surface area contributed by atoms with Crippen molar-refractivity contribution in [2.75, 3.05) is 13.2 Å². The Bertz CT molecular complexity index is 1840. The van der Waals surface area contributed by atoms with Crippen LogP contribution >= 0.6 is 0 Å². The highest BCUT2D eigenvalue weighted by Gasteiger charge is 2.19. The van der Waals surface area contributed by atoms with Crippen molar-refractivity contribution in [3.8, 4) is 0 Å². The highest BCUT2D eigenvalue weighted by Crippen LogP contribution is 2.13. The first kappa shape index (κ1) is 74.8. The number of allylic oxidation sites excluding steroid dienone is 28. The maximum absolute atomic E-state index is 12.9. The van der Waals surface area contributed by atoms with Gasteiger partial charge < -0.3 is 14.2 Å². The number of ether oxygens (including phenoxy) is 3. The van der Waals surface area contributed by atoms with Crippen LogP contribution in [0.2, 0.25) is 0 Å². The summed E-state index contributed by atoms with van der Waals surface area (Å²) in [5.74, 6) is -1.01. The predicted molar refractivity (Wildman–Crippen MR) is 348 cm³/mol. The molecular weight excluding hydrogens is 985 g/mol. The molecule has 6 nitrogen and oxygen atoms in total. The standard InChI is InChI=1S/C74H116O6/c1-4-7-10-13-16-19-22-25-28-31-33-34-35-36-37-38-39-40-42-43-46-49-52-55-58-61-64-67-73(76)79-70-71(69-78-72(75)66-63-60-57-54-51-48-45-30-27-24-21-18-15-12-9-6-3)80-74(77)68-65-62-59-56-53-50-47-44-41-32-29-26-23-20-17-14-11-8-5-2/h7-8,10-11,16-17,19-20,25-26,28-30,33-34,36-37,39-41,43-46,50,52-53,55,71H,4-6,9,12-15,18,21-24,27,31-32,35,38,42,47-49,51,54,56-70H2,1-3H3/b10-7-,11-8-,19-16-,20-17-,28-25-,29-26-,34-33-,37-36-,40-39-,44-41-,45-30-,46-43-,53-50-,55-52-. The van der Waals surface area contributed by atoms with Gasteiger partial charge in [0, 0.05) is 19.3 Å². The van der Waals surface area contributed by atoms with Crippen LogP contribution in [0.3, 0.4) is 0 Å². The molecule has 0 radical (unpaired) electrons. The van der Waals surface area contributed by atoms with E-state index in [0.717, 1.165) is 148 Å². The zero-order chi connectivity index (χ0) is 57.8. The van der Waals surface area contributed by atoms with Crippen LogP contribution in [0.1, 0.15) is 258 Å². The van der Waals surface area contributed by atoms with Crippen molar-refractivity contribution in [2.24, 2.45) is 0 Å². The maximum atomic E-state index is 12.9. The quantitative estimate of drug-likeness (QED) is 0.0261. The summed E-state index contributed by atoms with van der Waals surface area (Å²) in [7, 11) is 0. The van der Waals surface area contributed by atoms with Crippen LogP contribution in [-0.2, 0) is 28.6 Å². The number of unbranched alkanes of at least 4 members (excludes halogenated alkanes) is 17. The molecule has 0 aromatic carbocycles. The van der Waals surface area contributed by atoms with E-state index in [0.29, 0.717) is 19.3 Å². The van der Waals surface area contributed by atoms with E-state index in [-0.39, 0.29) is 44.0 Å². The second-order valence-corrected chi connectivity index (χ2v) is 20.5. The van der Waals surface area contributed by atoms with Crippen molar-refractivity contribution in [1.82, 2.24) is 0 Å². The summed E-state index contributed by atoms with van der Waals surface area (Å²) in [6, 6.07) is 0. The van der Waals surface area contributed by atoms with Gasteiger partial charge in [0.05, 0.1) is 0 Å². The molecule has 0 saturated carbocycles. The van der Waals surface area contributed by atoms with E-state index >= 15 is 0 Å². The highest BCUT2D eigenvalue weighted by molar-refractivity contribution is 5.71. The second kappa shape index (κ2) is 66.3. The third-order valence-electron chi connectivity index (χ3n) is 12.9. The highest BCUT2D eigenvalue weighted by atomic mass is 16.6. The summed E-state index contributed by atoms with van der Waals surface area (Å²) in [5.41, 5.74) is 0. The van der Waals surface area contributed by atoms with Crippen LogP contribution in [0.4, 0.5) is 0 Å². The Balaban J connectivity index is 4.55. The molecule has 80 heavy (non-hydrogen) atoms. The second-order valence-electron chi connectivity index (χ2n) is 20.5. The van der Waals surface area contributed by atoms with Gasteiger partial charge in [0.1, 0.15) is 13.2 Å². The van der Waals surface area contributed by atoms with Gasteiger partial charge in [-0.1, -0.05) is 255 Å². The lowest BCUT2D eigenvalue weighted by Crippen LogP contribution is -2.30. The smallest absolute Gasteiger partial charge is 0.306 e. The van der Waals surface area contributed by atoms with Gasteiger partial charge in [-0.25, -0.2) is 0 Å². The number of esters is 3. The molecule has 0 aromatic heterocycles. The van der Waals surface area contributed by atoms with Gasteiger partial charge in [0.2, 0.25) is 0 Å². The molecule has 0 fully saturated rings. The lowest BCUT2D eigenvalue weighted by molar-refractivity contribution is -0.167. The molecule has 6 heteroatoms. The summed E-state index contributed by atoms with van der Waals surface area (Å²) in [5, 5.41) is 0. The van der Waals surface area contributed by atoms with E-state index in [1.165, 1.54) is 57.8 Å². The number of carbonyl (C=O) groups is 3. The minimum Gasteiger partial charge on any atom is -0.462 e. The molecule has 0 aliphatic rings. The summed E-state index contributed by atoms with van der Waals surface area (Å²) in [6.07, 6.45) is 97.8. The minimum atomic E-state index is -0.828. The van der Waals surface area contributed by atoms with Crippen molar-refractivity contribution in [1.29, 1.82) is 0 Å². The first-order chi connectivity index (χ1) is 39.5. The Labute approximate surface area is 492 Å². The van der Waals surface area contributed by atoms with Crippen LogP contribution in [0.5, 0.6) is 0 Å². The Morgan fingerprint density at radius 3 is 0.812 bits per heavy atom. The average molecular weight is 1100 g/mol. The third-order valence-corrected chi connectivity index (χ3v) is 12.9. The average Bonchev–Trinajstić information content (AvgIpc) is 3.46. The lowest BCUT2D eigenvalue weighted by atomic mass is 10.1. The van der Waals surface area contributed by atoms with Crippen molar-refractivity contribution in [3.63, 3.8) is 0 Å². The Hall–Kier alpha value is -5.23. The molecular formula is C74H116O6. The number of hydrogen-bond acceptors (Lipinski definition) is 6. The Kier molecular flexibility index (Phi) is 61.9. The van der Waals surface area contributed by atoms with Crippen LogP contribution < -0.4 is 0 Å². The van der Waals surface area contributed by atoms with E-state index in [9.17, 15) is 14.4 Å². The normalized spacial score (nSPS) is 13.3. The number of rotatable bonds is 56. The van der Waals surface area contributed by atoms with Crippen LogP contribution in [0, 0.1) is 0 Å². The molecule has 1 unspecified atom stereocenters. The molecule has 0 amide bonds. The van der Waals surface area contributed by atoms with Gasteiger partial charge >= 0.3 is 17.9 Å². The fourth-order valence-electron chi connectivity index (χ4n) is 8.18. The molecule has 0 saturated heterocycles. The molecule has 0 spiro atoms. The molecule has 0 rings (SSSR count). The van der Waals surface area contributed by atoms with Gasteiger partial charge in [-0.2, -0.15) is 0 Å². The Morgan fingerprint density at radius 1 is 0.263 bits per heavy atom. The van der Waals surface area contributed by atoms with E-state index in [4.69, 9.17) is 14.2 Å². The zero-order valence-corrected chi connectivity index (χ0v) is 51.3. The van der Waals surface area contributed by atoms with E-state index < -0.39 is 6.10 Å². The minimum absolute atomic E-state index is 0.117. The molecule has 0 aliphatic heterocycles. The zero-order valence-electron chi connectivity index (χ0n) is 51.3. The fraction of sp³-hybridized carbons (Fsp3) is 0.581. The monoisotopic (exact) mass is 1100 g/mol. The fourth-order valence-corrected chi connectivity index (χ4v) is 8.18. The van der Waals surface area contributed by atoms with Gasteiger partial charge in [0.25, 0.3) is 0 Å². The van der Waals surface area contributed by atoms with Gasteiger partial charge in [-0.3, -0.25) is 14.4 Å². The lowest BCUT2D eigenvalue weighted by Gasteiger charge is -2.18. The van der Waals surface area contributed by atoms with E-state index in [2.05, 4.69) is 191 Å². The van der Waals surface area contributed by atoms with Crippen molar-refractivity contribution >= 4 is 17.9 Å². The van der Waals surface area contributed by atoms with E-state index in [1.807, 2.05) is 0 Å². The first-order valence-corrected chi connectivity index (χ1v) is 32.1. The third kappa shape index (κ3) is 63.6. The SMILES string of the molecule is CC/C=C\C/C=C\C/C=C\C/C=C\C/C=C\C/C=C\C/C=C\C/C=C\CCCCC(=O)OCC(COC(=O)CCCCCCC/C=C\CCCCCCCCC)OC(=O)CCCCC/C=C\C/C=C\C/C=C\C/C=C\C/C=C\CC. The largest absolute Gasteiger partial charge is 0.462 e. The first-order valence-electron chi connectivity index (χ1n) is 32.1. The van der Waals surface area contributed by atoms with Crippen molar-refractivity contribution < 1.29 is 28.6 Å². The van der Waals surface area contributed by atoms with Crippen molar-refractivity contribution in [3.05, 3.63) is 170 Å². The van der Waals surface area contributed by atoms with Crippen molar-refractivity contribution in [2.45, 2.75) is 264 Å². The molecule has 0 N–H and O–H groups in total. The van der Waals surface area contributed by atoms with Crippen LogP contribution in [0.15, 0.2) is 170 Å². The summed E-state index contributed by atoms with van der Waals surface area (Å²) < 4.78 is 16.9. The van der Waals surface area contributed by atoms with Gasteiger partial charge in [-0.15, -0.1) is 0 Å². The van der Waals surface area contributed by atoms with Crippen LogP contribution in [0.25, 0.3) is 0 Å². The number of carbonyl (C=O) groups excluding carboxylic acids is 3. The molecule has 0 aliphatic carbocycles. The van der Waals surface area contributed by atoms with Gasteiger partial charge in [-0.05, 0) is 154 Å². The molecule has 448 valence electrons. The molecule has 0 aromatic rings. The summed E-state index contributed by atoms with van der Waals surface area (Å²) in [6.45, 7) is 6.33. The molecule has 0 bridgehead atoms.